The van der Waals surface area contributed by atoms with Crippen molar-refractivity contribution in [2.24, 2.45) is 10.2 Å². The van der Waals surface area contributed by atoms with E-state index in [2.05, 4.69) is 16.8 Å². The third-order valence-corrected chi connectivity index (χ3v) is 0.520. The van der Waals surface area contributed by atoms with Gasteiger partial charge in [0.15, 0.2) is 0 Å². The predicted molar refractivity (Wildman–Crippen MR) is 34.5 cm³/mol. The van der Waals surface area contributed by atoms with Gasteiger partial charge in [-0.1, -0.05) is 20.4 Å². The molecule has 0 aromatic carbocycles. The molecule has 0 N–H and O–H groups in total. The number of allylic oxidation sites excluding steroid dienone is 1. The minimum atomic E-state index is 0.731. The van der Waals surface area contributed by atoms with Crippen molar-refractivity contribution in [3.63, 3.8) is 0 Å². The Labute approximate surface area is 49.6 Å². The number of hydrogen-bond donors (Lipinski definition) is 0. The zero-order chi connectivity index (χ0) is 6.41. The highest BCUT2D eigenvalue weighted by Gasteiger charge is 1.83. The van der Waals surface area contributed by atoms with Crippen molar-refractivity contribution in [2.75, 3.05) is 0 Å². The minimum absolute atomic E-state index is 0.731. The van der Waals surface area contributed by atoms with Crippen molar-refractivity contribution in [3.05, 3.63) is 24.6 Å². The molecule has 1 rings (SSSR count). The highest BCUT2D eigenvalue weighted by atomic mass is 15.1. The van der Waals surface area contributed by atoms with Crippen molar-refractivity contribution in [3.8, 4) is 0 Å². The van der Waals surface area contributed by atoms with E-state index in [0.717, 1.165) is 5.70 Å². The maximum atomic E-state index is 3.56. The molecule has 44 valence electrons. The monoisotopic (exact) mass is 110 g/mol. The van der Waals surface area contributed by atoms with E-state index in [4.69, 9.17) is 0 Å². The molecule has 2 nitrogen and oxygen atoms in total. The van der Waals surface area contributed by atoms with Crippen LogP contribution in [-0.4, -0.2) is 0 Å². The second-order valence-corrected chi connectivity index (χ2v) is 1.02. The number of rotatable bonds is 0. The summed E-state index contributed by atoms with van der Waals surface area (Å²) in [5.41, 5.74) is 0.731. The van der Waals surface area contributed by atoms with Gasteiger partial charge in [0.25, 0.3) is 0 Å². The summed E-state index contributed by atoms with van der Waals surface area (Å²) in [4.78, 5) is 0. The molecular weight excluding hydrogens is 100 g/mol. The van der Waals surface area contributed by atoms with Crippen LogP contribution in [0.5, 0.6) is 0 Å². The Morgan fingerprint density at radius 1 is 1.50 bits per heavy atom. The summed E-state index contributed by atoms with van der Waals surface area (Å²) in [6.07, 6.45) is 3.36. The molecule has 0 unspecified atom stereocenters. The van der Waals surface area contributed by atoms with Gasteiger partial charge in [-0.05, 0) is 6.08 Å². The van der Waals surface area contributed by atoms with Crippen molar-refractivity contribution in [1.29, 1.82) is 0 Å². The molecule has 0 aromatic rings. The van der Waals surface area contributed by atoms with Gasteiger partial charge in [0.05, 0.1) is 11.9 Å². The van der Waals surface area contributed by atoms with Crippen molar-refractivity contribution >= 4 is 0 Å². The lowest BCUT2D eigenvalue weighted by atomic mass is 10.5. The molecule has 1 aliphatic heterocycles. The Balaban J connectivity index is 0.000000222. The normalized spacial score (nSPS) is 13.5. The lowest BCUT2D eigenvalue weighted by Crippen LogP contribution is -1.50. The standard InChI is InChI=1S/C4H4N2.C2H6/c1-4-2-3-5-6-4;1-2/h2-3H,1H2;1-2H3. The van der Waals surface area contributed by atoms with Crippen LogP contribution in [-0.2, 0) is 0 Å². The molecule has 2 heteroatoms. The van der Waals surface area contributed by atoms with Crippen LogP contribution in [0.1, 0.15) is 13.8 Å². The van der Waals surface area contributed by atoms with Crippen LogP contribution in [0.4, 0.5) is 0 Å². The maximum absolute atomic E-state index is 3.56. The molecule has 0 amide bonds. The zero-order valence-corrected chi connectivity index (χ0v) is 5.26. The van der Waals surface area contributed by atoms with Crippen LogP contribution in [0.3, 0.4) is 0 Å². The van der Waals surface area contributed by atoms with E-state index in [1.54, 1.807) is 12.3 Å². The molecule has 8 heavy (non-hydrogen) atoms. The number of azo groups is 1. The fourth-order valence-corrected chi connectivity index (χ4v) is 0.260. The first kappa shape index (κ1) is 7.08. The summed E-state index contributed by atoms with van der Waals surface area (Å²) in [5.74, 6) is 0. The van der Waals surface area contributed by atoms with Crippen LogP contribution in [0.2, 0.25) is 0 Å². The van der Waals surface area contributed by atoms with Crippen molar-refractivity contribution < 1.29 is 0 Å². The summed E-state index contributed by atoms with van der Waals surface area (Å²) >= 11 is 0. The molecule has 0 bridgehead atoms. The van der Waals surface area contributed by atoms with E-state index in [9.17, 15) is 0 Å². The van der Waals surface area contributed by atoms with E-state index < -0.39 is 0 Å². The van der Waals surface area contributed by atoms with Gasteiger partial charge in [0.1, 0.15) is 0 Å². The Bertz CT molecular complexity index is 108. The SMILES string of the molecule is C=C1C=CN=N1.CC. The lowest BCUT2D eigenvalue weighted by molar-refractivity contribution is 1.24. The van der Waals surface area contributed by atoms with Crippen LogP contribution in [0.25, 0.3) is 0 Å². The van der Waals surface area contributed by atoms with Gasteiger partial charge in [0, 0.05) is 0 Å². The molecule has 1 heterocycles. The average molecular weight is 110 g/mol. The first-order valence-electron chi connectivity index (χ1n) is 2.66. The van der Waals surface area contributed by atoms with Gasteiger partial charge in [-0.3, -0.25) is 0 Å². The summed E-state index contributed by atoms with van der Waals surface area (Å²) < 4.78 is 0. The quantitative estimate of drug-likeness (QED) is 0.457. The Kier molecular flexibility index (Phi) is 3.76. The first-order chi connectivity index (χ1) is 3.89. The van der Waals surface area contributed by atoms with Crippen molar-refractivity contribution in [1.82, 2.24) is 0 Å². The van der Waals surface area contributed by atoms with Gasteiger partial charge in [-0.15, -0.1) is 0 Å². The fraction of sp³-hybridized carbons (Fsp3) is 0.333. The fourth-order valence-electron chi connectivity index (χ4n) is 0.260. The van der Waals surface area contributed by atoms with E-state index in [-0.39, 0.29) is 0 Å². The maximum Gasteiger partial charge on any atom is 0.0801 e. The summed E-state index contributed by atoms with van der Waals surface area (Å²) in [5, 5.41) is 7.06. The highest BCUT2D eigenvalue weighted by molar-refractivity contribution is 5.14. The molecule has 0 radical (unpaired) electrons. The van der Waals surface area contributed by atoms with Gasteiger partial charge in [-0.2, -0.15) is 10.2 Å². The summed E-state index contributed by atoms with van der Waals surface area (Å²) in [6, 6.07) is 0. The van der Waals surface area contributed by atoms with E-state index in [1.165, 1.54) is 0 Å². The van der Waals surface area contributed by atoms with E-state index >= 15 is 0 Å². The molecule has 1 aliphatic rings. The Morgan fingerprint density at radius 2 is 2.12 bits per heavy atom. The molecule has 0 fully saturated rings. The average Bonchev–Trinajstić information content (AvgIpc) is 2.24. The molecule has 0 saturated heterocycles. The smallest absolute Gasteiger partial charge is 0.0801 e. The third kappa shape index (κ3) is 2.29. The number of hydrogen-bond acceptors (Lipinski definition) is 2. The van der Waals surface area contributed by atoms with Crippen LogP contribution in [0.15, 0.2) is 34.8 Å². The molecule has 0 spiro atoms. The zero-order valence-electron chi connectivity index (χ0n) is 5.26. The highest BCUT2D eigenvalue weighted by Crippen LogP contribution is 2.02. The molecule has 0 aromatic heterocycles. The molecule has 0 aliphatic carbocycles. The Hall–Kier alpha value is -0.920. The summed E-state index contributed by atoms with van der Waals surface area (Å²) in [6.45, 7) is 7.51. The largest absolute Gasteiger partial charge is 0.159 e. The summed E-state index contributed by atoms with van der Waals surface area (Å²) in [7, 11) is 0. The predicted octanol–water partition coefficient (Wildman–Crippen LogP) is 2.51. The van der Waals surface area contributed by atoms with Crippen LogP contribution in [0, 0.1) is 0 Å². The molecular formula is C6H10N2. The van der Waals surface area contributed by atoms with Crippen molar-refractivity contribution in [2.45, 2.75) is 13.8 Å². The molecule has 0 saturated carbocycles. The second kappa shape index (κ2) is 4.24. The van der Waals surface area contributed by atoms with E-state index in [0.29, 0.717) is 0 Å². The minimum Gasteiger partial charge on any atom is -0.159 e. The topological polar surface area (TPSA) is 24.7 Å². The van der Waals surface area contributed by atoms with Crippen LogP contribution >= 0.6 is 0 Å². The van der Waals surface area contributed by atoms with Gasteiger partial charge >= 0.3 is 0 Å². The van der Waals surface area contributed by atoms with Gasteiger partial charge in [-0.25, -0.2) is 0 Å². The lowest BCUT2D eigenvalue weighted by Gasteiger charge is -1.67. The van der Waals surface area contributed by atoms with Gasteiger partial charge < -0.3 is 0 Å². The second-order valence-electron chi connectivity index (χ2n) is 1.02. The molecule has 0 atom stereocenters. The first-order valence-corrected chi connectivity index (χ1v) is 2.66. The number of nitrogens with zero attached hydrogens (tertiary/aromatic N) is 2. The third-order valence-electron chi connectivity index (χ3n) is 0.520. The Morgan fingerprint density at radius 3 is 2.25 bits per heavy atom. The van der Waals surface area contributed by atoms with Gasteiger partial charge in [0.2, 0.25) is 0 Å². The van der Waals surface area contributed by atoms with Crippen LogP contribution < -0.4 is 0 Å². The van der Waals surface area contributed by atoms with E-state index in [1.807, 2.05) is 13.8 Å².